The van der Waals surface area contributed by atoms with Crippen LogP contribution in [0.15, 0.2) is 24.3 Å². The largest absolute Gasteiger partial charge is 0.481 e. The first kappa shape index (κ1) is 17.2. The number of hydrogen-bond acceptors (Lipinski definition) is 4. The van der Waals surface area contributed by atoms with Gasteiger partial charge in [0, 0.05) is 6.04 Å². The fourth-order valence-electron chi connectivity index (χ4n) is 2.15. The molecule has 5 nitrogen and oxygen atoms in total. The predicted octanol–water partition coefficient (Wildman–Crippen LogP) is 2.22. The predicted molar refractivity (Wildman–Crippen MR) is 80.0 cm³/mol. The van der Waals surface area contributed by atoms with E-state index in [1.165, 1.54) is 0 Å². The summed E-state index contributed by atoms with van der Waals surface area (Å²) in [6.45, 7) is 7.16. The summed E-state index contributed by atoms with van der Waals surface area (Å²) in [7, 11) is 0. The molecular weight excluding hydrogens is 270 g/mol. The van der Waals surface area contributed by atoms with Gasteiger partial charge in [-0.25, -0.2) is 0 Å². The Balaban J connectivity index is 3.14. The van der Waals surface area contributed by atoms with E-state index in [-0.39, 0.29) is 6.42 Å². The Hall–Kier alpha value is -1.88. The lowest BCUT2D eigenvalue weighted by Gasteiger charge is -2.27. The molecule has 2 atom stereocenters. The number of aliphatic carboxylic acids is 1. The second kappa shape index (κ2) is 6.72. The van der Waals surface area contributed by atoms with Crippen LogP contribution in [0.25, 0.3) is 0 Å². The first-order valence-corrected chi connectivity index (χ1v) is 6.87. The molecule has 0 spiro atoms. The topological polar surface area (TPSA) is 89.6 Å². The SMILES string of the molecule is Cc1ccccc1[C@@H](C(=O)OC(C)(C)C)[C@H](N)CC(=O)O. The summed E-state index contributed by atoms with van der Waals surface area (Å²) in [4.78, 5) is 23.3. The van der Waals surface area contributed by atoms with Gasteiger partial charge in [-0.15, -0.1) is 0 Å². The van der Waals surface area contributed by atoms with E-state index in [1.807, 2.05) is 19.1 Å². The van der Waals surface area contributed by atoms with Gasteiger partial charge in [0.15, 0.2) is 0 Å². The lowest BCUT2D eigenvalue weighted by molar-refractivity contribution is -0.157. The van der Waals surface area contributed by atoms with E-state index in [9.17, 15) is 9.59 Å². The van der Waals surface area contributed by atoms with E-state index in [1.54, 1.807) is 32.9 Å². The van der Waals surface area contributed by atoms with Gasteiger partial charge in [0.2, 0.25) is 0 Å². The van der Waals surface area contributed by atoms with Gasteiger partial charge >= 0.3 is 11.9 Å². The number of benzene rings is 1. The van der Waals surface area contributed by atoms with Crippen molar-refractivity contribution in [3.8, 4) is 0 Å². The maximum absolute atomic E-state index is 12.4. The van der Waals surface area contributed by atoms with Gasteiger partial charge in [-0.1, -0.05) is 24.3 Å². The molecule has 0 saturated carbocycles. The summed E-state index contributed by atoms with van der Waals surface area (Å²) < 4.78 is 5.40. The van der Waals surface area contributed by atoms with Crippen LogP contribution >= 0.6 is 0 Å². The molecule has 0 aromatic heterocycles. The molecule has 1 rings (SSSR count). The van der Waals surface area contributed by atoms with Crippen LogP contribution in [0.1, 0.15) is 44.2 Å². The monoisotopic (exact) mass is 293 g/mol. The van der Waals surface area contributed by atoms with Crippen molar-refractivity contribution in [2.24, 2.45) is 5.73 Å². The summed E-state index contributed by atoms with van der Waals surface area (Å²) in [6, 6.07) is 6.46. The molecule has 5 heteroatoms. The molecule has 0 unspecified atom stereocenters. The molecule has 0 amide bonds. The minimum absolute atomic E-state index is 0.293. The highest BCUT2D eigenvalue weighted by atomic mass is 16.6. The second-order valence-corrected chi connectivity index (χ2v) is 6.13. The Kier molecular flexibility index (Phi) is 5.49. The van der Waals surface area contributed by atoms with Crippen molar-refractivity contribution in [3.05, 3.63) is 35.4 Å². The van der Waals surface area contributed by atoms with E-state index in [4.69, 9.17) is 15.6 Å². The van der Waals surface area contributed by atoms with E-state index in [2.05, 4.69) is 0 Å². The summed E-state index contributed by atoms with van der Waals surface area (Å²) in [5.74, 6) is -2.32. The van der Waals surface area contributed by atoms with E-state index >= 15 is 0 Å². The molecule has 116 valence electrons. The van der Waals surface area contributed by atoms with Gasteiger partial charge in [-0.2, -0.15) is 0 Å². The molecule has 0 aliphatic heterocycles. The van der Waals surface area contributed by atoms with Crippen molar-refractivity contribution in [1.82, 2.24) is 0 Å². The van der Waals surface area contributed by atoms with Gasteiger partial charge in [-0.05, 0) is 38.8 Å². The Morgan fingerprint density at radius 3 is 2.33 bits per heavy atom. The minimum atomic E-state index is -1.04. The number of carboxylic acid groups (broad SMARTS) is 1. The molecule has 3 N–H and O–H groups in total. The second-order valence-electron chi connectivity index (χ2n) is 6.13. The van der Waals surface area contributed by atoms with Gasteiger partial charge in [-0.3, -0.25) is 9.59 Å². The molecule has 1 aromatic carbocycles. The van der Waals surface area contributed by atoms with Crippen LogP contribution in [0.4, 0.5) is 0 Å². The average Bonchev–Trinajstić information content (AvgIpc) is 2.28. The average molecular weight is 293 g/mol. The summed E-state index contributed by atoms with van der Waals surface area (Å²) >= 11 is 0. The van der Waals surface area contributed by atoms with Crippen molar-refractivity contribution < 1.29 is 19.4 Å². The zero-order chi connectivity index (χ0) is 16.2. The van der Waals surface area contributed by atoms with Gasteiger partial charge in [0.05, 0.1) is 12.3 Å². The highest BCUT2D eigenvalue weighted by Crippen LogP contribution is 2.27. The van der Waals surface area contributed by atoms with E-state index in [0.717, 1.165) is 5.56 Å². The molecule has 0 heterocycles. The normalized spacial score (nSPS) is 14.3. The third-order valence-electron chi connectivity index (χ3n) is 3.02. The first-order chi connectivity index (χ1) is 9.61. The van der Waals surface area contributed by atoms with Crippen LogP contribution in [-0.2, 0) is 14.3 Å². The molecule has 0 radical (unpaired) electrons. The number of hydrogen-bond donors (Lipinski definition) is 2. The van der Waals surface area contributed by atoms with Gasteiger partial charge in [0.25, 0.3) is 0 Å². The fourth-order valence-corrected chi connectivity index (χ4v) is 2.15. The van der Waals surface area contributed by atoms with Gasteiger partial charge in [0.1, 0.15) is 5.60 Å². The smallest absolute Gasteiger partial charge is 0.315 e. The van der Waals surface area contributed by atoms with Crippen molar-refractivity contribution in [1.29, 1.82) is 0 Å². The third-order valence-corrected chi connectivity index (χ3v) is 3.02. The first-order valence-electron chi connectivity index (χ1n) is 6.87. The molecule has 0 saturated heterocycles. The Morgan fingerprint density at radius 2 is 1.86 bits per heavy atom. The molecule has 0 fully saturated rings. The van der Waals surface area contributed by atoms with Crippen LogP contribution in [0.3, 0.4) is 0 Å². The number of aryl methyl sites for hydroxylation is 1. The zero-order valence-corrected chi connectivity index (χ0v) is 12.9. The van der Waals surface area contributed by atoms with Crippen LogP contribution in [-0.4, -0.2) is 28.7 Å². The quantitative estimate of drug-likeness (QED) is 0.812. The van der Waals surface area contributed by atoms with Gasteiger partial charge < -0.3 is 15.6 Å². The van der Waals surface area contributed by atoms with E-state index in [0.29, 0.717) is 5.56 Å². The third kappa shape index (κ3) is 5.19. The summed E-state index contributed by atoms with van der Waals surface area (Å²) in [5, 5.41) is 8.93. The number of nitrogens with two attached hydrogens (primary N) is 1. The highest BCUT2D eigenvalue weighted by molar-refractivity contribution is 5.81. The highest BCUT2D eigenvalue weighted by Gasteiger charge is 2.33. The molecular formula is C16H23NO4. The van der Waals surface area contributed by atoms with Crippen molar-refractivity contribution >= 4 is 11.9 Å². The number of rotatable bonds is 5. The molecule has 0 bridgehead atoms. The number of carbonyl (C=O) groups excluding carboxylic acids is 1. The summed E-state index contributed by atoms with van der Waals surface area (Å²) in [6.07, 6.45) is -0.293. The number of esters is 1. The van der Waals surface area contributed by atoms with Crippen LogP contribution < -0.4 is 5.73 Å². The maximum Gasteiger partial charge on any atom is 0.315 e. The molecule has 0 aliphatic rings. The van der Waals surface area contributed by atoms with Crippen LogP contribution in [0, 0.1) is 6.92 Å². The standard InChI is InChI=1S/C16H23NO4/c1-10-7-5-6-8-11(10)14(12(17)9-13(18)19)15(20)21-16(2,3)4/h5-8,12,14H,9,17H2,1-4H3,(H,18,19)/t12-,14-/m1/s1. The fraction of sp³-hybridized carbons (Fsp3) is 0.500. The number of ether oxygens (including phenoxy) is 1. The van der Waals surface area contributed by atoms with Crippen LogP contribution in [0.2, 0.25) is 0 Å². The zero-order valence-electron chi connectivity index (χ0n) is 12.9. The molecule has 0 aliphatic carbocycles. The van der Waals surface area contributed by atoms with Crippen LogP contribution in [0.5, 0.6) is 0 Å². The Labute approximate surface area is 125 Å². The molecule has 1 aromatic rings. The van der Waals surface area contributed by atoms with Crippen molar-refractivity contribution in [2.45, 2.75) is 51.7 Å². The lowest BCUT2D eigenvalue weighted by Crippen LogP contribution is -2.39. The van der Waals surface area contributed by atoms with Crippen molar-refractivity contribution in [3.63, 3.8) is 0 Å². The maximum atomic E-state index is 12.4. The number of carbonyl (C=O) groups is 2. The Morgan fingerprint density at radius 1 is 1.29 bits per heavy atom. The molecule has 21 heavy (non-hydrogen) atoms. The minimum Gasteiger partial charge on any atom is -0.481 e. The Bertz CT molecular complexity index is 519. The summed E-state index contributed by atoms with van der Waals surface area (Å²) in [5.41, 5.74) is 6.90. The number of carboxylic acids is 1. The van der Waals surface area contributed by atoms with Crippen molar-refractivity contribution in [2.75, 3.05) is 0 Å². The van der Waals surface area contributed by atoms with E-state index < -0.39 is 29.5 Å². The lowest BCUT2D eigenvalue weighted by atomic mass is 9.87.